The number of rotatable bonds is 3. The van der Waals surface area contributed by atoms with Crippen LogP contribution in [0.25, 0.3) is 0 Å². The molecule has 4 nitrogen and oxygen atoms in total. The number of anilines is 1. The van der Waals surface area contributed by atoms with Gasteiger partial charge in [-0.1, -0.05) is 13.8 Å². The first kappa shape index (κ1) is 13.1. The van der Waals surface area contributed by atoms with Crippen LogP contribution in [0.1, 0.15) is 35.5 Å². The van der Waals surface area contributed by atoms with Crippen molar-refractivity contribution in [2.24, 2.45) is 11.3 Å². The third-order valence-corrected chi connectivity index (χ3v) is 4.50. The monoisotopic (exact) mass is 267 g/mol. The maximum Gasteiger partial charge on any atom is 0.350 e. The molecule has 1 aliphatic rings. The Labute approximate surface area is 110 Å². The Bertz CT molecular complexity index is 504. The fourth-order valence-electron chi connectivity index (χ4n) is 1.97. The van der Waals surface area contributed by atoms with E-state index < -0.39 is 5.97 Å². The fraction of sp³-hybridized carbons (Fsp3) is 0.538. The highest BCUT2D eigenvalue weighted by molar-refractivity contribution is 7.12. The van der Waals surface area contributed by atoms with E-state index in [1.54, 1.807) is 0 Å². The summed E-state index contributed by atoms with van der Waals surface area (Å²) in [5.74, 6) is -0.368. The number of carbonyl (C=O) groups excluding carboxylic acids is 2. The highest BCUT2D eigenvalue weighted by Gasteiger charge is 2.50. The van der Waals surface area contributed by atoms with Gasteiger partial charge >= 0.3 is 5.97 Å². The number of nitrogens with one attached hydrogen (secondary N) is 1. The number of thiophene rings is 1. The molecular weight excluding hydrogens is 250 g/mol. The van der Waals surface area contributed by atoms with Gasteiger partial charge < -0.3 is 10.1 Å². The van der Waals surface area contributed by atoms with E-state index in [-0.39, 0.29) is 17.2 Å². The smallest absolute Gasteiger partial charge is 0.350 e. The van der Waals surface area contributed by atoms with Gasteiger partial charge in [0.05, 0.1) is 12.8 Å². The molecule has 0 radical (unpaired) electrons. The Morgan fingerprint density at radius 2 is 2.11 bits per heavy atom. The molecule has 0 aliphatic heterocycles. The Hall–Kier alpha value is -1.36. The number of hydrogen-bond acceptors (Lipinski definition) is 4. The van der Waals surface area contributed by atoms with Crippen molar-refractivity contribution in [3.63, 3.8) is 0 Å². The lowest BCUT2D eigenvalue weighted by Crippen LogP contribution is -2.18. The normalized spacial score (nSPS) is 20.3. The molecule has 0 bridgehead atoms. The van der Waals surface area contributed by atoms with Crippen molar-refractivity contribution in [2.45, 2.75) is 27.2 Å². The number of aryl methyl sites for hydroxylation is 1. The lowest BCUT2D eigenvalue weighted by atomic mass is 10.1. The van der Waals surface area contributed by atoms with Gasteiger partial charge in [-0.15, -0.1) is 11.3 Å². The van der Waals surface area contributed by atoms with Gasteiger partial charge in [-0.05, 0) is 29.7 Å². The second kappa shape index (κ2) is 4.39. The third-order valence-electron chi connectivity index (χ3n) is 3.42. The molecule has 1 N–H and O–H groups in total. The van der Waals surface area contributed by atoms with Crippen molar-refractivity contribution in [1.82, 2.24) is 0 Å². The maximum atomic E-state index is 12.0. The lowest BCUT2D eigenvalue weighted by Gasteiger charge is -2.08. The molecule has 1 fully saturated rings. The maximum absolute atomic E-state index is 12.0. The number of carbonyl (C=O) groups is 2. The van der Waals surface area contributed by atoms with Crippen molar-refractivity contribution >= 4 is 28.9 Å². The first-order valence-electron chi connectivity index (χ1n) is 5.84. The first-order valence-corrected chi connectivity index (χ1v) is 6.72. The summed E-state index contributed by atoms with van der Waals surface area (Å²) in [6.45, 7) is 6.01. The number of methoxy groups -OCH3 is 1. The number of esters is 1. The SMILES string of the molecule is COC(=O)c1scc(C)c1NC(=O)C1CC1(C)C. The predicted octanol–water partition coefficient (Wildman–Crippen LogP) is 2.83. The molecule has 5 heteroatoms. The Morgan fingerprint density at radius 3 is 2.61 bits per heavy atom. The zero-order valence-electron chi connectivity index (χ0n) is 11.0. The summed E-state index contributed by atoms with van der Waals surface area (Å²) < 4.78 is 4.71. The van der Waals surface area contributed by atoms with Crippen molar-refractivity contribution in [3.8, 4) is 0 Å². The van der Waals surface area contributed by atoms with Crippen LogP contribution in [-0.4, -0.2) is 19.0 Å². The molecule has 0 spiro atoms. The predicted molar refractivity (Wildman–Crippen MR) is 70.9 cm³/mol. The minimum atomic E-state index is -0.404. The van der Waals surface area contributed by atoms with E-state index in [1.165, 1.54) is 18.4 Å². The standard InChI is InChI=1S/C13H17NO3S/c1-7-6-18-10(12(16)17-4)9(7)14-11(15)8-5-13(8,2)3/h6,8H,5H2,1-4H3,(H,14,15). The summed E-state index contributed by atoms with van der Waals surface area (Å²) in [7, 11) is 1.34. The summed E-state index contributed by atoms with van der Waals surface area (Å²) in [5.41, 5.74) is 1.58. The third kappa shape index (κ3) is 2.27. The van der Waals surface area contributed by atoms with Gasteiger partial charge in [0.1, 0.15) is 4.88 Å². The van der Waals surface area contributed by atoms with Crippen LogP contribution >= 0.6 is 11.3 Å². The van der Waals surface area contributed by atoms with E-state index in [2.05, 4.69) is 19.2 Å². The lowest BCUT2D eigenvalue weighted by molar-refractivity contribution is -0.118. The van der Waals surface area contributed by atoms with Crippen LogP contribution in [0.5, 0.6) is 0 Å². The molecule has 1 amide bonds. The van der Waals surface area contributed by atoms with Crippen molar-refractivity contribution in [3.05, 3.63) is 15.8 Å². The summed E-state index contributed by atoms with van der Waals surface area (Å²) in [6.07, 6.45) is 0.898. The van der Waals surface area contributed by atoms with Gasteiger partial charge in [-0.3, -0.25) is 4.79 Å². The van der Waals surface area contributed by atoms with E-state index in [4.69, 9.17) is 4.74 Å². The Balaban J connectivity index is 2.16. The van der Waals surface area contributed by atoms with Crippen LogP contribution in [0.4, 0.5) is 5.69 Å². The molecule has 0 saturated heterocycles. The van der Waals surface area contributed by atoms with Crippen LogP contribution < -0.4 is 5.32 Å². The molecule has 1 aromatic heterocycles. The van der Waals surface area contributed by atoms with E-state index in [1.807, 2.05) is 12.3 Å². The number of hydrogen-bond donors (Lipinski definition) is 1. The highest BCUT2D eigenvalue weighted by Crippen LogP contribution is 2.52. The van der Waals surface area contributed by atoms with Crippen molar-refractivity contribution in [2.75, 3.05) is 12.4 Å². The average Bonchev–Trinajstić information content (AvgIpc) is 2.81. The molecule has 1 aromatic rings. The van der Waals surface area contributed by atoms with Crippen LogP contribution in [0, 0.1) is 18.3 Å². The van der Waals surface area contributed by atoms with Crippen LogP contribution in [0.3, 0.4) is 0 Å². The van der Waals surface area contributed by atoms with Gasteiger partial charge in [-0.25, -0.2) is 4.79 Å². The number of ether oxygens (including phenoxy) is 1. The summed E-state index contributed by atoms with van der Waals surface area (Å²) in [6, 6.07) is 0. The molecule has 98 valence electrons. The molecule has 2 rings (SSSR count). The minimum absolute atomic E-state index is 0.00773. The minimum Gasteiger partial charge on any atom is -0.465 e. The van der Waals surface area contributed by atoms with E-state index >= 15 is 0 Å². The number of amides is 1. The van der Waals surface area contributed by atoms with E-state index in [9.17, 15) is 9.59 Å². The first-order chi connectivity index (χ1) is 8.36. The van der Waals surface area contributed by atoms with Crippen LogP contribution in [0.2, 0.25) is 0 Å². The van der Waals surface area contributed by atoms with Crippen LogP contribution in [0.15, 0.2) is 5.38 Å². The Kier molecular flexibility index (Phi) is 3.19. The van der Waals surface area contributed by atoms with E-state index in [0.29, 0.717) is 10.6 Å². The summed E-state index contributed by atoms with van der Waals surface area (Å²) in [5, 5.41) is 4.71. The van der Waals surface area contributed by atoms with Gasteiger partial charge in [-0.2, -0.15) is 0 Å². The molecule has 18 heavy (non-hydrogen) atoms. The van der Waals surface area contributed by atoms with Gasteiger partial charge in [0.25, 0.3) is 0 Å². The van der Waals surface area contributed by atoms with Crippen molar-refractivity contribution < 1.29 is 14.3 Å². The molecule has 1 aliphatic carbocycles. The second-order valence-corrected chi connectivity index (χ2v) is 6.23. The summed E-state index contributed by atoms with van der Waals surface area (Å²) in [4.78, 5) is 24.1. The van der Waals surface area contributed by atoms with Crippen molar-refractivity contribution in [1.29, 1.82) is 0 Å². The van der Waals surface area contributed by atoms with E-state index in [0.717, 1.165) is 12.0 Å². The quantitative estimate of drug-likeness (QED) is 0.857. The second-order valence-electron chi connectivity index (χ2n) is 5.35. The largest absolute Gasteiger partial charge is 0.465 e. The molecule has 0 aromatic carbocycles. The average molecular weight is 267 g/mol. The van der Waals surface area contributed by atoms with Gasteiger partial charge in [0.2, 0.25) is 5.91 Å². The molecule has 1 atom stereocenters. The molecule has 1 heterocycles. The zero-order chi connectivity index (χ0) is 13.5. The zero-order valence-corrected chi connectivity index (χ0v) is 11.8. The highest BCUT2D eigenvalue weighted by atomic mass is 32.1. The molecule has 1 unspecified atom stereocenters. The van der Waals surface area contributed by atoms with Gasteiger partial charge in [0.15, 0.2) is 0 Å². The van der Waals surface area contributed by atoms with Gasteiger partial charge in [0, 0.05) is 5.92 Å². The summed E-state index contributed by atoms with van der Waals surface area (Å²) >= 11 is 1.29. The topological polar surface area (TPSA) is 55.4 Å². The molecule has 1 saturated carbocycles. The molecular formula is C13H17NO3S. The van der Waals surface area contributed by atoms with Crippen LogP contribution in [-0.2, 0) is 9.53 Å². The fourth-order valence-corrected chi connectivity index (χ4v) is 2.89. The Morgan fingerprint density at radius 1 is 1.50 bits per heavy atom.